The Hall–Kier alpha value is -0.380. The molecule has 88 valence electrons. The molecule has 2 nitrogen and oxygen atoms in total. The van der Waals surface area contributed by atoms with Crippen molar-refractivity contribution in [2.45, 2.75) is 31.2 Å². The summed E-state index contributed by atoms with van der Waals surface area (Å²) in [5.74, 6) is 0.216. The Balaban J connectivity index is 1.90. The van der Waals surface area contributed by atoms with Crippen molar-refractivity contribution < 1.29 is 5.11 Å². The Kier molecular flexibility index (Phi) is 4.38. The van der Waals surface area contributed by atoms with Crippen LogP contribution in [0, 0.1) is 0 Å². The second-order valence-corrected chi connectivity index (χ2v) is 5.38. The van der Waals surface area contributed by atoms with Gasteiger partial charge in [0.15, 0.2) is 0 Å². The minimum Gasteiger partial charge on any atom is -0.396 e. The van der Waals surface area contributed by atoms with Crippen molar-refractivity contribution in [2.75, 3.05) is 13.2 Å². The number of benzene rings is 1. The average Bonchev–Trinajstić information content (AvgIpc) is 2.24. The van der Waals surface area contributed by atoms with Crippen LogP contribution in [0.4, 0.5) is 0 Å². The number of halogens is 1. The number of hydrogen-bond acceptors (Lipinski definition) is 2. The molecule has 0 bridgehead atoms. The number of aliphatic hydroxyl groups excluding tert-OH is 1. The summed E-state index contributed by atoms with van der Waals surface area (Å²) in [5.41, 5.74) is 1.21. The largest absolute Gasteiger partial charge is 0.396 e. The predicted molar refractivity (Wildman–Crippen MR) is 69.6 cm³/mol. The van der Waals surface area contributed by atoms with Crippen LogP contribution in [0.1, 0.15) is 30.7 Å². The zero-order valence-electron chi connectivity index (χ0n) is 9.32. The van der Waals surface area contributed by atoms with Gasteiger partial charge < -0.3 is 10.4 Å². The van der Waals surface area contributed by atoms with Crippen molar-refractivity contribution in [3.05, 3.63) is 34.3 Å². The highest BCUT2D eigenvalue weighted by Crippen LogP contribution is 2.21. The van der Waals surface area contributed by atoms with Gasteiger partial charge in [-0.1, -0.05) is 34.5 Å². The lowest BCUT2D eigenvalue weighted by Gasteiger charge is -2.28. The molecular formula is C13H18BrNO. The fourth-order valence-electron chi connectivity index (χ4n) is 1.94. The maximum Gasteiger partial charge on any atom is 0.0511 e. The van der Waals surface area contributed by atoms with Crippen molar-refractivity contribution in [3.8, 4) is 0 Å². The topological polar surface area (TPSA) is 32.3 Å². The van der Waals surface area contributed by atoms with Crippen LogP contribution in [0.2, 0.25) is 0 Å². The lowest BCUT2D eigenvalue weighted by atomic mass is 9.92. The van der Waals surface area contributed by atoms with Crippen LogP contribution in [0.5, 0.6) is 0 Å². The number of aliphatic hydroxyl groups is 1. The number of hydrogen-bond donors (Lipinski definition) is 2. The Bertz CT molecular complexity index is 321. The summed E-state index contributed by atoms with van der Waals surface area (Å²) in [6, 6.07) is 8.90. The van der Waals surface area contributed by atoms with E-state index in [1.165, 1.54) is 24.8 Å². The molecule has 16 heavy (non-hydrogen) atoms. The molecule has 0 aromatic heterocycles. The van der Waals surface area contributed by atoms with Gasteiger partial charge in [-0.3, -0.25) is 0 Å². The highest BCUT2D eigenvalue weighted by molar-refractivity contribution is 9.10. The summed E-state index contributed by atoms with van der Waals surface area (Å²) in [5, 5.41) is 12.9. The van der Waals surface area contributed by atoms with Gasteiger partial charge in [-0.05, 0) is 30.5 Å². The van der Waals surface area contributed by atoms with Crippen LogP contribution in [0.15, 0.2) is 28.7 Å². The van der Waals surface area contributed by atoms with E-state index in [1.54, 1.807) is 0 Å². The second kappa shape index (κ2) is 5.80. The van der Waals surface area contributed by atoms with Crippen LogP contribution in [-0.4, -0.2) is 24.3 Å². The van der Waals surface area contributed by atoms with Crippen molar-refractivity contribution >= 4 is 15.9 Å². The minimum absolute atomic E-state index is 0.210. The lowest BCUT2D eigenvalue weighted by molar-refractivity contribution is 0.247. The third kappa shape index (κ3) is 3.06. The van der Waals surface area contributed by atoms with Gasteiger partial charge in [-0.25, -0.2) is 0 Å². The van der Waals surface area contributed by atoms with Gasteiger partial charge in [0.25, 0.3) is 0 Å². The standard InChI is InChI=1S/C13H18BrNO/c14-12-6-4-10(5-7-12)11(9-16)8-15-13-2-1-3-13/h4-7,11,13,15-16H,1-3,8-9H2. The first-order valence-corrected chi connectivity index (χ1v) is 6.68. The number of nitrogens with one attached hydrogen (secondary N) is 1. The van der Waals surface area contributed by atoms with E-state index in [2.05, 4.69) is 33.4 Å². The van der Waals surface area contributed by atoms with Crippen LogP contribution < -0.4 is 5.32 Å². The Morgan fingerprint density at radius 2 is 2.00 bits per heavy atom. The molecule has 2 rings (SSSR count). The minimum atomic E-state index is 0.210. The van der Waals surface area contributed by atoms with Gasteiger partial charge in [0.2, 0.25) is 0 Å². The molecule has 2 N–H and O–H groups in total. The van der Waals surface area contributed by atoms with E-state index < -0.39 is 0 Å². The second-order valence-electron chi connectivity index (χ2n) is 4.47. The van der Waals surface area contributed by atoms with Gasteiger partial charge in [-0.2, -0.15) is 0 Å². The molecule has 3 heteroatoms. The third-order valence-electron chi connectivity index (χ3n) is 3.32. The van der Waals surface area contributed by atoms with Gasteiger partial charge in [-0.15, -0.1) is 0 Å². The molecule has 1 aromatic carbocycles. The van der Waals surface area contributed by atoms with Crippen molar-refractivity contribution in [3.63, 3.8) is 0 Å². The van der Waals surface area contributed by atoms with Gasteiger partial charge in [0.05, 0.1) is 6.61 Å². The molecule has 0 heterocycles. The van der Waals surface area contributed by atoms with Crippen molar-refractivity contribution in [2.24, 2.45) is 0 Å². The normalized spacial score (nSPS) is 18.1. The van der Waals surface area contributed by atoms with Gasteiger partial charge >= 0.3 is 0 Å². The van der Waals surface area contributed by atoms with E-state index in [-0.39, 0.29) is 12.5 Å². The van der Waals surface area contributed by atoms with Crippen molar-refractivity contribution in [1.82, 2.24) is 5.32 Å². The summed E-state index contributed by atoms with van der Waals surface area (Å²) in [6.45, 7) is 1.09. The first kappa shape index (κ1) is 12.1. The SMILES string of the molecule is OCC(CNC1CCC1)c1ccc(Br)cc1. The van der Waals surface area contributed by atoms with Crippen molar-refractivity contribution in [1.29, 1.82) is 0 Å². The maximum atomic E-state index is 9.40. The molecule has 0 aliphatic heterocycles. The molecule has 1 aliphatic carbocycles. The maximum absolute atomic E-state index is 9.40. The van der Waals surface area contributed by atoms with Gasteiger partial charge in [0.1, 0.15) is 0 Å². The Labute approximate surface area is 105 Å². The summed E-state index contributed by atoms with van der Waals surface area (Å²) in [4.78, 5) is 0. The molecule has 0 saturated heterocycles. The van der Waals surface area contributed by atoms with Crippen LogP contribution in [0.3, 0.4) is 0 Å². The van der Waals surface area contributed by atoms with Crippen LogP contribution in [0.25, 0.3) is 0 Å². The first-order valence-electron chi connectivity index (χ1n) is 5.89. The van der Waals surface area contributed by atoms with Gasteiger partial charge in [0, 0.05) is 23.0 Å². The van der Waals surface area contributed by atoms with E-state index in [9.17, 15) is 5.11 Å². The summed E-state index contributed by atoms with van der Waals surface area (Å²) in [7, 11) is 0. The zero-order chi connectivity index (χ0) is 11.4. The Morgan fingerprint density at radius 3 is 2.50 bits per heavy atom. The summed E-state index contributed by atoms with van der Waals surface area (Å²) < 4.78 is 1.08. The molecule has 1 fully saturated rings. The average molecular weight is 284 g/mol. The molecular weight excluding hydrogens is 266 g/mol. The molecule has 1 aliphatic rings. The predicted octanol–water partition coefficient (Wildman–Crippen LogP) is 2.67. The van der Waals surface area contributed by atoms with Crippen LogP contribution >= 0.6 is 15.9 Å². The molecule has 0 radical (unpaired) electrons. The molecule has 0 spiro atoms. The Morgan fingerprint density at radius 1 is 1.31 bits per heavy atom. The first-order chi connectivity index (χ1) is 7.79. The monoisotopic (exact) mass is 283 g/mol. The summed E-state index contributed by atoms with van der Waals surface area (Å²) in [6.07, 6.45) is 3.93. The molecule has 1 saturated carbocycles. The highest BCUT2D eigenvalue weighted by Gasteiger charge is 2.18. The van der Waals surface area contributed by atoms with E-state index in [1.807, 2.05) is 12.1 Å². The summed E-state index contributed by atoms with van der Waals surface area (Å²) >= 11 is 3.42. The fourth-order valence-corrected chi connectivity index (χ4v) is 2.21. The molecule has 1 unspecified atom stereocenters. The van der Waals surface area contributed by atoms with E-state index in [4.69, 9.17) is 0 Å². The zero-order valence-corrected chi connectivity index (χ0v) is 10.9. The molecule has 0 amide bonds. The van der Waals surface area contributed by atoms with E-state index in [0.29, 0.717) is 6.04 Å². The quantitative estimate of drug-likeness (QED) is 0.871. The number of rotatable bonds is 5. The lowest BCUT2D eigenvalue weighted by Crippen LogP contribution is -2.38. The fraction of sp³-hybridized carbons (Fsp3) is 0.538. The molecule has 1 aromatic rings. The smallest absolute Gasteiger partial charge is 0.0511 e. The van der Waals surface area contributed by atoms with Crippen LogP contribution in [-0.2, 0) is 0 Å². The highest BCUT2D eigenvalue weighted by atomic mass is 79.9. The van der Waals surface area contributed by atoms with E-state index in [0.717, 1.165) is 11.0 Å². The molecule has 1 atom stereocenters. The van der Waals surface area contributed by atoms with E-state index >= 15 is 0 Å². The third-order valence-corrected chi connectivity index (χ3v) is 3.85.